The minimum atomic E-state index is -3.66. The Kier molecular flexibility index (Phi) is 6.55. The predicted octanol–water partition coefficient (Wildman–Crippen LogP) is 3.09. The minimum absolute atomic E-state index is 0.0669. The van der Waals surface area contributed by atoms with Crippen LogP contribution in [0.1, 0.15) is 35.1 Å². The lowest BCUT2D eigenvalue weighted by atomic mass is 10.1. The lowest BCUT2D eigenvalue weighted by Crippen LogP contribution is -2.39. The molecule has 0 aliphatic carbocycles. The molecule has 1 fully saturated rings. The summed E-state index contributed by atoms with van der Waals surface area (Å²) in [7, 11) is 2.78. The molecule has 182 valence electrons. The Bertz CT molecular complexity index is 1320. The van der Waals surface area contributed by atoms with Crippen LogP contribution < -0.4 is 9.47 Å². The number of methoxy groups -OCH3 is 2. The molecular formula is C24H30N4O5S. The number of benzene rings is 2. The van der Waals surface area contributed by atoms with Gasteiger partial charge in [-0.2, -0.15) is 4.31 Å². The van der Waals surface area contributed by atoms with Crippen LogP contribution in [-0.4, -0.2) is 74.5 Å². The Morgan fingerprint density at radius 1 is 1.03 bits per heavy atom. The average molecular weight is 487 g/mol. The zero-order chi connectivity index (χ0) is 24.6. The Labute approximate surface area is 199 Å². The van der Waals surface area contributed by atoms with Crippen molar-refractivity contribution < 1.29 is 22.7 Å². The van der Waals surface area contributed by atoms with Gasteiger partial charge in [-0.3, -0.25) is 4.79 Å². The van der Waals surface area contributed by atoms with Gasteiger partial charge in [-0.25, -0.2) is 13.4 Å². The molecule has 0 saturated carbocycles. The first-order valence-electron chi connectivity index (χ1n) is 11.1. The van der Waals surface area contributed by atoms with Gasteiger partial charge in [-0.1, -0.05) is 0 Å². The highest BCUT2D eigenvalue weighted by molar-refractivity contribution is 7.89. The molecule has 0 bridgehead atoms. The maximum Gasteiger partial charge on any atom is 0.253 e. The van der Waals surface area contributed by atoms with E-state index < -0.39 is 10.0 Å². The summed E-state index contributed by atoms with van der Waals surface area (Å²) in [5.41, 5.74) is 2.32. The maximum absolute atomic E-state index is 13.3. The van der Waals surface area contributed by atoms with Gasteiger partial charge in [0.1, 0.15) is 5.82 Å². The number of carbonyl (C=O) groups is 1. The van der Waals surface area contributed by atoms with Crippen LogP contribution in [0.3, 0.4) is 0 Å². The standard InChI is InChI=1S/C24H30N4O5S/c1-16-25-20-14-17(24(29)26(2)3)6-8-21(20)28(16)18-10-12-27(13-11-18)34(30,31)19-7-9-22(32-4)23(15-19)33-5/h6-9,14-15,18H,10-13H2,1-5H3. The number of rotatable bonds is 6. The summed E-state index contributed by atoms with van der Waals surface area (Å²) < 4.78 is 40.7. The van der Waals surface area contributed by atoms with E-state index in [1.807, 2.05) is 25.1 Å². The van der Waals surface area contributed by atoms with Gasteiger partial charge in [-0.15, -0.1) is 0 Å². The minimum Gasteiger partial charge on any atom is -0.493 e. The normalized spacial score (nSPS) is 15.4. The zero-order valence-corrected chi connectivity index (χ0v) is 20.9. The maximum atomic E-state index is 13.3. The molecule has 0 unspecified atom stereocenters. The third-order valence-corrected chi connectivity index (χ3v) is 8.19. The van der Waals surface area contributed by atoms with Gasteiger partial charge in [0.05, 0.1) is 30.1 Å². The highest BCUT2D eigenvalue weighted by Gasteiger charge is 2.31. The molecule has 0 spiro atoms. The van der Waals surface area contributed by atoms with Crippen molar-refractivity contribution in [3.05, 3.63) is 47.8 Å². The molecule has 1 aliphatic rings. The number of aromatic nitrogens is 2. The molecule has 2 heterocycles. The van der Waals surface area contributed by atoms with E-state index in [9.17, 15) is 13.2 Å². The van der Waals surface area contributed by atoms with Crippen LogP contribution in [0.15, 0.2) is 41.3 Å². The lowest BCUT2D eigenvalue weighted by Gasteiger charge is -2.32. The molecule has 1 saturated heterocycles. The number of imidazole rings is 1. The summed E-state index contributed by atoms with van der Waals surface area (Å²) in [6.45, 7) is 2.75. The molecule has 34 heavy (non-hydrogen) atoms. The van der Waals surface area contributed by atoms with Gasteiger partial charge >= 0.3 is 0 Å². The van der Waals surface area contributed by atoms with Gasteiger partial charge in [-0.05, 0) is 50.1 Å². The molecule has 4 rings (SSSR count). The number of sulfonamides is 1. The number of carbonyl (C=O) groups excluding carboxylic acids is 1. The fourth-order valence-corrected chi connectivity index (χ4v) is 6.02. The molecule has 3 aromatic rings. The van der Waals surface area contributed by atoms with Crippen molar-refractivity contribution >= 4 is 27.0 Å². The summed E-state index contributed by atoms with van der Waals surface area (Å²) in [5.74, 6) is 1.65. The van der Waals surface area contributed by atoms with Crippen molar-refractivity contribution in [3.8, 4) is 11.5 Å². The van der Waals surface area contributed by atoms with E-state index in [1.165, 1.54) is 24.6 Å². The van der Waals surface area contributed by atoms with Gasteiger partial charge < -0.3 is 18.9 Å². The second-order valence-electron chi connectivity index (χ2n) is 8.58. The Morgan fingerprint density at radius 2 is 1.71 bits per heavy atom. The van der Waals surface area contributed by atoms with Crippen molar-refractivity contribution in [1.29, 1.82) is 0 Å². The highest BCUT2D eigenvalue weighted by atomic mass is 32.2. The van der Waals surface area contributed by atoms with Crippen molar-refractivity contribution in [2.75, 3.05) is 41.4 Å². The molecule has 1 aliphatic heterocycles. The Balaban J connectivity index is 1.55. The molecule has 1 amide bonds. The van der Waals surface area contributed by atoms with Crippen molar-refractivity contribution in [2.45, 2.75) is 30.7 Å². The van der Waals surface area contributed by atoms with Crippen LogP contribution in [0, 0.1) is 6.92 Å². The zero-order valence-electron chi connectivity index (χ0n) is 20.1. The van der Waals surface area contributed by atoms with E-state index in [2.05, 4.69) is 9.55 Å². The highest BCUT2D eigenvalue weighted by Crippen LogP contribution is 2.34. The molecule has 9 nitrogen and oxygen atoms in total. The van der Waals surface area contributed by atoms with Crippen LogP contribution in [0.25, 0.3) is 11.0 Å². The number of hydrogen-bond acceptors (Lipinski definition) is 6. The second kappa shape index (κ2) is 9.27. The topological polar surface area (TPSA) is 94.0 Å². The quantitative estimate of drug-likeness (QED) is 0.532. The fraction of sp³-hybridized carbons (Fsp3) is 0.417. The summed E-state index contributed by atoms with van der Waals surface area (Å²) in [6.07, 6.45) is 1.33. The van der Waals surface area contributed by atoms with Crippen LogP contribution in [0.5, 0.6) is 11.5 Å². The van der Waals surface area contributed by atoms with E-state index in [-0.39, 0.29) is 16.8 Å². The van der Waals surface area contributed by atoms with Crippen molar-refractivity contribution in [1.82, 2.24) is 18.8 Å². The lowest BCUT2D eigenvalue weighted by molar-refractivity contribution is 0.0827. The molecule has 1 aromatic heterocycles. The number of piperidine rings is 1. The molecular weight excluding hydrogens is 456 g/mol. The smallest absolute Gasteiger partial charge is 0.253 e. The van der Waals surface area contributed by atoms with E-state index in [1.54, 1.807) is 31.1 Å². The molecule has 10 heteroatoms. The Morgan fingerprint density at radius 3 is 2.32 bits per heavy atom. The van der Waals surface area contributed by atoms with Crippen LogP contribution >= 0.6 is 0 Å². The van der Waals surface area contributed by atoms with E-state index >= 15 is 0 Å². The number of amides is 1. The fourth-order valence-electron chi connectivity index (χ4n) is 4.54. The molecule has 0 radical (unpaired) electrons. The first kappa shape index (κ1) is 24.0. The van der Waals surface area contributed by atoms with Crippen molar-refractivity contribution in [2.24, 2.45) is 0 Å². The number of fused-ring (bicyclic) bond motifs is 1. The molecule has 2 aromatic carbocycles. The third-order valence-electron chi connectivity index (χ3n) is 6.30. The first-order valence-corrected chi connectivity index (χ1v) is 12.5. The summed E-state index contributed by atoms with van der Waals surface area (Å²) in [6, 6.07) is 10.3. The average Bonchev–Trinajstić information content (AvgIpc) is 3.17. The van der Waals surface area contributed by atoms with Crippen molar-refractivity contribution in [3.63, 3.8) is 0 Å². The first-order chi connectivity index (χ1) is 16.2. The largest absolute Gasteiger partial charge is 0.493 e. The second-order valence-corrected chi connectivity index (χ2v) is 10.5. The third kappa shape index (κ3) is 4.23. The van der Waals surface area contributed by atoms with E-state index in [0.29, 0.717) is 43.0 Å². The van der Waals surface area contributed by atoms with Crippen LogP contribution in [0.4, 0.5) is 0 Å². The molecule has 0 atom stereocenters. The number of hydrogen-bond donors (Lipinski definition) is 0. The predicted molar refractivity (Wildman–Crippen MR) is 129 cm³/mol. The van der Waals surface area contributed by atoms with Gasteiger partial charge in [0.2, 0.25) is 10.0 Å². The number of ether oxygens (including phenoxy) is 2. The molecule has 0 N–H and O–H groups in total. The van der Waals surface area contributed by atoms with Crippen LogP contribution in [-0.2, 0) is 10.0 Å². The van der Waals surface area contributed by atoms with Gasteiger partial charge in [0.25, 0.3) is 5.91 Å². The summed E-state index contributed by atoms with van der Waals surface area (Å²) >= 11 is 0. The van der Waals surface area contributed by atoms with E-state index in [4.69, 9.17) is 9.47 Å². The van der Waals surface area contributed by atoms with Gasteiger partial charge in [0, 0.05) is 44.9 Å². The summed E-state index contributed by atoms with van der Waals surface area (Å²) in [5, 5.41) is 0. The Hall–Kier alpha value is -3.11. The van der Waals surface area contributed by atoms with Gasteiger partial charge in [0.15, 0.2) is 11.5 Å². The number of nitrogens with zero attached hydrogens (tertiary/aromatic N) is 4. The van der Waals surface area contributed by atoms with E-state index in [0.717, 1.165) is 16.9 Å². The summed E-state index contributed by atoms with van der Waals surface area (Å²) in [4.78, 5) is 18.7. The SMILES string of the molecule is COc1ccc(S(=O)(=O)N2CCC(n3c(C)nc4cc(C(=O)N(C)C)ccc43)CC2)cc1OC. The van der Waals surface area contributed by atoms with Crippen LogP contribution in [0.2, 0.25) is 0 Å². The number of aryl methyl sites for hydroxylation is 1. The monoisotopic (exact) mass is 486 g/mol.